The van der Waals surface area contributed by atoms with E-state index in [-0.39, 0.29) is 25.7 Å². The first-order valence-electron chi connectivity index (χ1n) is 7.73. The minimum atomic E-state index is -0.852. The second-order valence-corrected chi connectivity index (χ2v) is 6.53. The van der Waals surface area contributed by atoms with E-state index in [0.717, 1.165) is 18.5 Å². The molecule has 0 aliphatic rings. The third kappa shape index (κ3) is 5.06. The lowest BCUT2D eigenvalue weighted by Gasteiger charge is -2.34. The van der Waals surface area contributed by atoms with Gasteiger partial charge < -0.3 is 15.3 Å². The SMILES string of the molecule is CC(C)CCc1ccnc(CC(C)C(CO)(CO)CO)c1. The molecule has 0 radical (unpaired) electrons. The quantitative estimate of drug-likeness (QED) is 0.649. The van der Waals surface area contributed by atoms with Gasteiger partial charge >= 0.3 is 0 Å². The summed E-state index contributed by atoms with van der Waals surface area (Å²) >= 11 is 0. The molecule has 0 saturated heterocycles. The zero-order valence-corrected chi connectivity index (χ0v) is 13.4. The molecule has 0 amide bonds. The zero-order chi connectivity index (χ0) is 15.9. The van der Waals surface area contributed by atoms with Crippen LogP contribution in [0.15, 0.2) is 18.3 Å². The van der Waals surface area contributed by atoms with Gasteiger partial charge in [0, 0.05) is 17.3 Å². The van der Waals surface area contributed by atoms with Crippen molar-refractivity contribution in [3.63, 3.8) is 0 Å². The highest BCUT2D eigenvalue weighted by molar-refractivity contribution is 5.17. The Kier molecular flexibility index (Phi) is 7.29. The average Bonchev–Trinajstić information content (AvgIpc) is 2.48. The second-order valence-electron chi connectivity index (χ2n) is 6.53. The third-order valence-electron chi connectivity index (χ3n) is 4.40. The van der Waals surface area contributed by atoms with Crippen LogP contribution in [-0.2, 0) is 12.8 Å². The lowest BCUT2D eigenvalue weighted by molar-refractivity contribution is -0.0333. The minimum Gasteiger partial charge on any atom is -0.396 e. The van der Waals surface area contributed by atoms with Crippen molar-refractivity contribution in [3.8, 4) is 0 Å². The molecule has 1 unspecified atom stereocenters. The van der Waals surface area contributed by atoms with Crippen LogP contribution in [0.1, 0.15) is 38.4 Å². The Hall–Kier alpha value is -0.970. The molecule has 0 aliphatic heterocycles. The smallest absolute Gasteiger partial charge is 0.0534 e. The van der Waals surface area contributed by atoms with Crippen molar-refractivity contribution >= 4 is 0 Å². The van der Waals surface area contributed by atoms with Gasteiger partial charge in [0.2, 0.25) is 0 Å². The summed E-state index contributed by atoms with van der Waals surface area (Å²) in [5.74, 6) is 0.622. The number of rotatable bonds is 9. The van der Waals surface area contributed by atoms with E-state index in [9.17, 15) is 15.3 Å². The number of aromatic nitrogens is 1. The first-order valence-corrected chi connectivity index (χ1v) is 7.73. The van der Waals surface area contributed by atoms with Gasteiger partial charge in [0.15, 0.2) is 0 Å². The van der Waals surface area contributed by atoms with Crippen molar-refractivity contribution in [2.24, 2.45) is 17.3 Å². The number of aliphatic hydroxyl groups is 3. The zero-order valence-electron chi connectivity index (χ0n) is 13.4. The molecule has 3 N–H and O–H groups in total. The number of hydrogen-bond donors (Lipinski definition) is 3. The summed E-state index contributed by atoms with van der Waals surface area (Å²) in [7, 11) is 0. The molecule has 21 heavy (non-hydrogen) atoms. The van der Waals surface area contributed by atoms with Crippen LogP contribution in [0.5, 0.6) is 0 Å². The first kappa shape index (κ1) is 18.1. The molecule has 4 nitrogen and oxygen atoms in total. The summed E-state index contributed by atoms with van der Waals surface area (Å²) in [6, 6.07) is 4.13. The molecule has 4 heteroatoms. The molecule has 0 aromatic carbocycles. The van der Waals surface area contributed by atoms with E-state index in [1.165, 1.54) is 5.56 Å². The Morgan fingerprint density at radius 3 is 2.24 bits per heavy atom. The van der Waals surface area contributed by atoms with Crippen LogP contribution >= 0.6 is 0 Å². The Bertz CT molecular complexity index is 408. The summed E-state index contributed by atoms with van der Waals surface area (Å²) < 4.78 is 0. The van der Waals surface area contributed by atoms with Crippen LogP contribution in [-0.4, -0.2) is 40.1 Å². The Balaban J connectivity index is 2.75. The standard InChI is InChI=1S/C17H29NO3/c1-13(2)4-5-15-6-7-18-16(9-15)8-14(3)17(10-19,11-20)12-21/h6-7,9,13-14,19-21H,4-5,8,10-12H2,1-3H3. The van der Waals surface area contributed by atoms with Gasteiger partial charge in [-0.1, -0.05) is 20.8 Å². The fraction of sp³-hybridized carbons (Fsp3) is 0.706. The molecular weight excluding hydrogens is 266 g/mol. The van der Waals surface area contributed by atoms with Gasteiger partial charge in [0.1, 0.15) is 0 Å². The Morgan fingerprint density at radius 1 is 1.10 bits per heavy atom. The molecule has 0 fully saturated rings. The molecule has 1 heterocycles. The minimum absolute atomic E-state index is 0.0506. The van der Waals surface area contributed by atoms with Crippen molar-refractivity contribution in [2.75, 3.05) is 19.8 Å². The van der Waals surface area contributed by atoms with Crippen LogP contribution in [0.4, 0.5) is 0 Å². The van der Waals surface area contributed by atoms with Crippen LogP contribution in [0.25, 0.3) is 0 Å². The molecule has 0 aliphatic carbocycles. The summed E-state index contributed by atoms with van der Waals surface area (Å²) in [5.41, 5.74) is 1.36. The predicted octanol–water partition coefficient (Wildman–Crippen LogP) is 1.81. The van der Waals surface area contributed by atoms with Crippen LogP contribution < -0.4 is 0 Å². The van der Waals surface area contributed by atoms with Gasteiger partial charge in [-0.2, -0.15) is 0 Å². The average molecular weight is 295 g/mol. The van der Waals surface area contributed by atoms with E-state index in [0.29, 0.717) is 12.3 Å². The topological polar surface area (TPSA) is 73.6 Å². The van der Waals surface area contributed by atoms with E-state index in [2.05, 4.69) is 24.9 Å². The molecule has 1 aromatic rings. The molecule has 1 atom stereocenters. The molecule has 0 saturated carbocycles. The highest BCUT2D eigenvalue weighted by atomic mass is 16.3. The van der Waals surface area contributed by atoms with E-state index in [1.54, 1.807) is 0 Å². The van der Waals surface area contributed by atoms with Crippen molar-refractivity contribution < 1.29 is 15.3 Å². The lowest BCUT2D eigenvalue weighted by atomic mass is 9.76. The van der Waals surface area contributed by atoms with E-state index in [1.807, 2.05) is 19.2 Å². The monoisotopic (exact) mass is 295 g/mol. The maximum absolute atomic E-state index is 9.48. The maximum Gasteiger partial charge on any atom is 0.0534 e. The largest absolute Gasteiger partial charge is 0.396 e. The Morgan fingerprint density at radius 2 is 1.71 bits per heavy atom. The molecule has 1 aromatic heterocycles. The van der Waals surface area contributed by atoms with Crippen molar-refractivity contribution in [3.05, 3.63) is 29.6 Å². The van der Waals surface area contributed by atoms with Crippen LogP contribution in [0, 0.1) is 17.3 Å². The third-order valence-corrected chi connectivity index (χ3v) is 4.40. The van der Waals surface area contributed by atoms with E-state index < -0.39 is 5.41 Å². The van der Waals surface area contributed by atoms with Crippen molar-refractivity contribution in [2.45, 2.75) is 40.0 Å². The molecular formula is C17H29NO3. The fourth-order valence-electron chi connectivity index (χ4n) is 2.40. The molecule has 0 spiro atoms. The van der Waals surface area contributed by atoms with Gasteiger partial charge in [-0.15, -0.1) is 0 Å². The van der Waals surface area contributed by atoms with Crippen molar-refractivity contribution in [1.82, 2.24) is 4.98 Å². The van der Waals surface area contributed by atoms with Crippen LogP contribution in [0.3, 0.4) is 0 Å². The normalized spacial score (nSPS) is 13.7. The summed E-state index contributed by atoms with van der Waals surface area (Å²) in [6.07, 6.45) is 4.63. The number of aliphatic hydroxyl groups excluding tert-OH is 3. The highest BCUT2D eigenvalue weighted by Crippen LogP contribution is 2.29. The van der Waals surface area contributed by atoms with E-state index >= 15 is 0 Å². The van der Waals surface area contributed by atoms with Crippen molar-refractivity contribution in [1.29, 1.82) is 0 Å². The number of nitrogens with zero attached hydrogens (tertiary/aromatic N) is 1. The molecule has 0 bridgehead atoms. The van der Waals surface area contributed by atoms with Gasteiger partial charge in [0.25, 0.3) is 0 Å². The number of pyridine rings is 1. The first-order chi connectivity index (χ1) is 9.97. The lowest BCUT2D eigenvalue weighted by Crippen LogP contribution is -2.41. The number of aryl methyl sites for hydroxylation is 1. The Labute approximate surface area is 127 Å². The molecule has 120 valence electrons. The highest BCUT2D eigenvalue weighted by Gasteiger charge is 2.34. The van der Waals surface area contributed by atoms with E-state index in [4.69, 9.17) is 0 Å². The molecule has 1 rings (SSSR count). The summed E-state index contributed by atoms with van der Waals surface area (Å²) in [5, 5.41) is 28.5. The van der Waals surface area contributed by atoms with Gasteiger partial charge in [-0.3, -0.25) is 4.98 Å². The predicted molar refractivity (Wildman–Crippen MR) is 84.0 cm³/mol. The summed E-state index contributed by atoms with van der Waals surface area (Å²) in [4.78, 5) is 4.38. The van der Waals surface area contributed by atoms with Crippen LogP contribution in [0.2, 0.25) is 0 Å². The fourth-order valence-corrected chi connectivity index (χ4v) is 2.40. The maximum atomic E-state index is 9.48. The van der Waals surface area contributed by atoms with Gasteiger partial charge in [-0.25, -0.2) is 0 Å². The summed E-state index contributed by atoms with van der Waals surface area (Å²) in [6.45, 7) is 5.67. The number of hydrogen-bond acceptors (Lipinski definition) is 4. The second kappa shape index (κ2) is 8.47. The van der Waals surface area contributed by atoms with Gasteiger partial charge in [0.05, 0.1) is 19.8 Å². The van der Waals surface area contributed by atoms with Gasteiger partial charge in [-0.05, 0) is 48.8 Å².